The fraction of sp³-hybridized carbons (Fsp3) is 0.235. The van der Waals surface area contributed by atoms with Gasteiger partial charge < -0.3 is 0 Å². The number of nitrogens with zero attached hydrogens (tertiary/aromatic N) is 2. The van der Waals surface area contributed by atoms with Crippen LogP contribution in [0.5, 0.6) is 0 Å². The number of hydrogen-bond acceptors (Lipinski definition) is 1. The Kier molecular flexibility index (Phi) is 3.68. The summed E-state index contributed by atoms with van der Waals surface area (Å²) in [6, 6.07) is 12.8. The molecule has 0 fully saturated rings. The first kappa shape index (κ1) is 14.1. The third-order valence-electron chi connectivity index (χ3n) is 3.58. The van der Waals surface area contributed by atoms with Gasteiger partial charge in [0.25, 0.3) is 0 Å². The maximum absolute atomic E-state index is 13.6. The van der Waals surface area contributed by atoms with Crippen LogP contribution in [-0.2, 0) is 6.42 Å². The number of imidazole rings is 1. The molecule has 1 aromatic heterocycles. The number of benzene rings is 2. The molecule has 3 aromatic rings. The maximum Gasteiger partial charge on any atom is 0.132 e. The van der Waals surface area contributed by atoms with Crippen LogP contribution in [-0.4, -0.2) is 9.55 Å². The highest BCUT2D eigenvalue weighted by atomic mass is 35.5. The minimum absolute atomic E-state index is 0.259. The number of alkyl halides is 1. The summed E-state index contributed by atoms with van der Waals surface area (Å²) in [4.78, 5) is 4.55. The lowest BCUT2D eigenvalue weighted by molar-refractivity contribution is 0.629. The Morgan fingerprint density at radius 1 is 1.24 bits per heavy atom. The average Bonchev–Trinajstić information content (AvgIpc) is 2.86. The van der Waals surface area contributed by atoms with Crippen molar-refractivity contribution in [3.05, 3.63) is 59.7 Å². The fourth-order valence-corrected chi connectivity index (χ4v) is 2.67. The first-order valence-corrected chi connectivity index (χ1v) is 7.45. The van der Waals surface area contributed by atoms with Gasteiger partial charge in [0, 0.05) is 11.8 Å². The quantitative estimate of drug-likeness (QED) is 0.621. The maximum atomic E-state index is 13.6. The molecule has 0 aliphatic heterocycles. The summed E-state index contributed by atoms with van der Waals surface area (Å²) in [6.45, 7) is 3.98. The highest BCUT2D eigenvalue weighted by Gasteiger charge is 2.17. The summed E-state index contributed by atoms with van der Waals surface area (Å²) < 4.78 is 15.6. The number of rotatable bonds is 3. The first-order chi connectivity index (χ1) is 10.1. The summed E-state index contributed by atoms with van der Waals surface area (Å²) in [7, 11) is 0. The zero-order valence-corrected chi connectivity index (χ0v) is 12.7. The van der Waals surface area contributed by atoms with Gasteiger partial charge in [-0.2, -0.15) is 0 Å². The minimum Gasteiger partial charge on any atom is -0.295 e. The van der Waals surface area contributed by atoms with E-state index >= 15 is 0 Å². The topological polar surface area (TPSA) is 17.8 Å². The number of hydrogen-bond donors (Lipinski definition) is 0. The van der Waals surface area contributed by atoms with Crippen molar-refractivity contribution in [3.8, 4) is 5.69 Å². The zero-order valence-electron chi connectivity index (χ0n) is 12.0. The van der Waals surface area contributed by atoms with E-state index in [1.165, 1.54) is 17.7 Å². The summed E-state index contributed by atoms with van der Waals surface area (Å²) >= 11 is 6.27. The normalized spacial score (nSPS) is 12.8. The first-order valence-electron chi connectivity index (χ1n) is 7.01. The highest BCUT2D eigenvalue weighted by molar-refractivity contribution is 6.20. The Morgan fingerprint density at radius 2 is 2.05 bits per heavy atom. The molecule has 0 aliphatic rings. The van der Waals surface area contributed by atoms with Crippen molar-refractivity contribution in [2.45, 2.75) is 25.6 Å². The van der Waals surface area contributed by atoms with Crippen molar-refractivity contribution in [2.75, 3.05) is 0 Å². The van der Waals surface area contributed by atoms with E-state index < -0.39 is 0 Å². The molecule has 2 aromatic carbocycles. The number of fused-ring (bicyclic) bond motifs is 1. The smallest absolute Gasteiger partial charge is 0.132 e. The van der Waals surface area contributed by atoms with Crippen LogP contribution < -0.4 is 0 Å². The molecule has 3 rings (SSSR count). The summed E-state index contributed by atoms with van der Waals surface area (Å²) in [6.07, 6.45) is 0.945. The molecule has 0 spiro atoms. The second-order valence-corrected chi connectivity index (χ2v) is 5.73. The fourth-order valence-electron chi connectivity index (χ4n) is 2.52. The van der Waals surface area contributed by atoms with Crippen molar-refractivity contribution < 1.29 is 4.39 Å². The second-order valence-electron chi connectivity index (χ2n) is 5.08. The van der Waals surface area contributed by atoms with Gasteiger partial charge in [-0.05, 0) is 43.2 Å². The molecule has 1 unspecified atom stereocenters. The molecule has 0 N–H and O–H groups in total. The molecule has 0 radical (unpaired) electrons. The van der Waals surface area contributed by atoms with Crippen LogP contribution >= 0.6 is 11.6 Å². The van der Waals surface area contributed by atoms with E-state index in [2.05, 4.69) is 24.0 Å². The lowest BCUT2D eigenvalue weighted by Gasteiger charge is -2.11. The van der Waals surface area contributed by atoms with Crippen LogP contribution in [0.15, 0.2) is 42.5 Å². The highest BCUT2D eigenvalue weighted by Crippen LogP contribution is 2.29. The van der Waals surface area contributed by atoms with E-state index in [4.69, 9.17) is 11.6 Å². The number of aryl methyl sites for hydroxylation is 1. The summed E-state index contributed by atoms with van der Waals surface area (Å²) in [5, 5.41) is -0.259. The monoisotopic (exact) mass is 302 g/mol. The van der Waals surface area contributed by atoms with Gasteiger partial charge in [-0.25, -0.2) is 9.37 Å². The van der Waals surface area contributed by atoms with Crippen LogP contribution in [0.25, 0.3) is 16.7 Å². The molecule has 0 bridgehead atoms. The van der Waals surface area contributed by atoms with Crippen molar-refractivity contribution in [3.63, 3.8) is 0 Å². The van der Waals surface area contributed by atoms with Gasteiger partial charge in [0.2, 0.25) is 0 Å². The molecule has 0 aliphatic carbocycles. The van der Waals surface area contributed by atoms with Crippen molar-refractivity contribution in [2.24, 2.45) is 0 Å². The van der Waals surface area contributed by atoms with E-state index in [0.717, 1.165) is 29.0 Å². The summed E-state index contributed by atoms with van der Waals surface area (Å²) in [5.74, 6) is 0.453. The molecule has 2 nitrogen and oxygen atoms in total. The van der Waals surface area contributed by atoms with Crippen LogP contribution in [0.2, 0.25) is 0 Å². The van der Waals surface area contributed by atoms with Gasteiger partial charge in [-0.3, -0.25) is 4.57 Å². The van der Waals surface area contributed by atoms with Gasteiger partial charge in [0.1, 0.15) is 11.6 Å². The second kappa shape index (κ2) is 5.49. The van der Waals surface area contributed by atoms with E-state index in [9.17, 15) is 4.39 Å². The molecular formula is C17H16ClFN2. The number of halogens is 2. The van der Waals surface area contributed by atoms with Gasteiger partial charge >= 0.3 is 0 Å². The largest absolute Gasteiger partial charge is 0.295 e. The molecule has 21 heavy (non-hydrogen) atoms. The third kappa shape index (κ3) is 2.54. The lowest BCUT2D eigenvalue weighted by Crippen LogP contribution is -2.02. The Balaban J connectivity index is 2.32. The predicted octanol–water partition coefficient (Wildman–Crippen LogP) is 5.03. The Hall–Kier alpha value is -1.87. The van der Waals surface area contributed by atoms with Gasteiger partial charge in [-0.15, -0.1) is 11.6 Å². The Bertz CT molecular complexity index is 793. The van der Waals surface area contributed by atoms with Crippen molar-refractivity contribution in [1.82, 2.24) is 9.55 Å². The lowest BCUT2D eigenvalue weighted by atomic mass is 10.1. The van der Waals surface area contributed by atoms with E-state index in [0.29, 0.717) is 0 Å². The Labute approximate surface area is 128 Å². The third-order valence-corrected chi connectivity index (χ3v) is 3.77. The van der Waals surface area contributed by atoms with Crippen molar-refractivity contribution >= 4 is 22.6 Å². The predicted molar refractivity (Wildman–Crippen MR) is 84.7 cm³/mol. The summed E-state index contributed by atoms with van der Waals surface area (Å²) in [5.41, 5.74) is 3.68. The molecule has 1 atom stereocenters. The molecular weight excluding hydrogens is 287 g/mol. The molecule has 0 amide bonds. The van der Waals surface area contributed by atoms with Crippen LogP contribution in [0.4, 0.5) is 4.39 Å². The van der Waals surface area contributed by atoms with Crippen LogP contribution in [0, 0.1) is 5.82 Å². The average molecular weight is 303 g/mol. The zero-order chi connectivity index (χ0) is 15.0. The molecule has 4 heteroatoms. The van der Waals surface area contributed by atoms with E-state index in [1.54, 1.807) is 6.07 Å². The standard InChI is InChI=1S/C17H16ClFN2/c1-3-12-5-4-6-14(9-12)21-16-10-13(19)7-8-15(16)20-17(21)11(2)18/h4-11H,3H2,1-2H3. The molecule has 1 heterocycles. The minimum atomic E-state index is -0.274. The molecule has 0 saturated heterocycles. The molecule has 0 saturated carbocycles. The van der Waals surface area contributed by atoms with Gasteiger partial charge in [-0.1, -0.05) is 19.1 Å². The SMILES string of the molecule is CCc1cccc(-n2c(C(C)Cl)nc3ccc(F)cc32)c1. The molecule has 108 valence electrons. The van der Waals surface area contributed by atoms with Gasteiger partial charge in [0.05, 0.1) is 16.4 Å². The van der Waals surface area contributed by atoms with Crippen LogP contribution in [0.1, 0.15) is 30.6 Å². The van der Waals surface area contributed by atoms with E-state index in [1.807, 2.05) is 23.6 Å². The van der Waals surface area contributed by atoms with Crippen LogP contribution in [0.3, 0.4) is 0 Å². The van der Waals surface area contributed by atoms with Gasteiger partial charge in [0.15, 0.2) is 0 Å². The Morgan fingerprint density at radius 3 is 2.76 bits per heavy atom. The van der Waals surface area contributed by atoms with Crippen molar-refractivity contribution in [1.29, 1.82) is 0 Å². The van der Waals surface area contributed by atoms with E-state index in [-0.39, 0.29) is 11.2 Å². The number of aromatic nitrogens is 2.